The highest BCUT2D eigenvalue weighted by molar-refractivity contribution is 8.00. The number of nitrogens with one attached hydrogen (secondary N) is 1. The fourth-order valence-electron chi connectivity index (χ4n) is 8.82. The predicted octanol–water partition coefficient (Wildman–Crippen LogP) is 8.30. The molecule has 4 aliphatic rings. The summed E-state index contributed by atoms with van der Waals surface area (Å²) in [5, 5.41) is 27.7. The monoisotopic (exact) mass is 732 g/mol. The van der Waals surface area contributed by atoms with Gasteiger partial charge in [0, 0.05) is 42.9 Å². The highest BCUT2D eigenvalue weighted by atomic mass is 32.2. The molecule has 1 amide bonds. The number of rotatable bonds is 18. The predicted molar refractivity (Wildman–Crippen MR) is 206 cm³/mol. The van der Waals surface area contributed by atoms with Crippen LogP contribution in [0, 0.1) is 17.8 Å². The molecule has 6 rings (SSSR count). The number of hydrogen-bond acceptors (Lipinski definition) is 9. The van der Waals surface area contributed by atoms with Gasteiger partial charge in [0.1, 0.15) is 18.1 Å². The van der Waals surface area contributed by atoms with E-state index in [2.05, 4.69) is 18.0 Å². The lowest BCUT2D eigenvalue weighted by atomic mass is 9.56. The Morgan fingerprint density at radius 2 is 1.85 bits per heavy atom. The van der Waals surface area contributed by atoms with Crippen LogP contribution in [-0.2, 0) is 16.1 Å². The van der Waals surface area contributed by atoms with E-state index in [4.69, 9.17) is 24.2 Å². The lowest BCUT2D eigenvalue weighted by Gasteiger charge is -2.58. The molecule has 3 N–H and O–H groups in total. The first-order valence-corrected chi connectivity index (χ1v) is 20.3. The molecule has 0 bridgehead atoms. The highest BCUT2D eigenvalue weighted by Gasteiger charge is 2.64. The zero-order chi connectivity index (χ0) is 36.3. The van der Waals surface area contributed by atoms with Gasteiger partial charge in [-0.05, 0) is 86.6 Å². The van der Waals surface area contributed by atoms with Crippen LogP contribution in [0.25, 0.3) is 0 Å². The Hall–Kier alpha value is -3.31. The zero-order valence-corrected chi connectivity index (χ0v) is 31.4. The molecular formula is C42H56N2O7S. The first-order chi connectivity index (χ1) is 25.5. The van der Waals surface area contributed by atoms with Gasteiger partial charge in [0.05, 0.1) is 23.5 Å². The Bertz CT molecular complexity index is 1540. The van der Waals surface area contributed by atoms with Crippen molar-refractivity contribution >= 4 is 23.6 Å². The van der Waals surface area contributed by atoms with Crippen molar-refractivity contribution in [1.82, 2.24) is 5.32 Å². The van der Waals surface area contributed by atoms with E-state index in [9.17, 15) is 15.0 Å². The van der Waals surface area contributed by atoms with E-state index in [-0.39, 0.29) is 42.1 Å². The molecule has 2 fully saturated rings. The second-order valence-electron chi connectivity index (χ2n) is 14.4. The molecule has 52 heavy (non-hydrogen) atoms. The molecule has 0 unspecified atom stereocenters. The summed E-state index contributed by atoms with van der Waals surface area (Å²) in [6.07, 6.45) is 14.2. The van der Waals surface area contributed by atoms with Crippen molar-refractivity contribution in [2.75, 3.05) is 26.4 Å². The van der Waals surface area contributed by atoms with Gasteiger partial charge < -0.3 is 34.6 Å². The number of allylic oxidation sites excluding steroid dienone is 1. The highest BCUT2D eigenvalue weighted by Crippen LogP contribution is 2.63. The van der Waals surface area contributed by atoms with Crippen LogP contribution in [0.15, 0.2) is 78.0 Å². The van der Waals surface area contributed by atoms with Crippen LogP contribution in [0.3, 0.4) is 0 Å². The van der Waals surface area contributed by atoms with E-state index in [1.54, 1.807) is 6.08 Å². The minimum atomic E-state index is -0.989. The molecule has 1 aliphatic heterocycles. The second kappa shape index (κ2) is 18.6. The van der Waals surface area contributed by atoms with E-state index in [1.165, 1.54) is 25.7 Å². The van der Waals surface area contributed by atoms with Gasteiger partial charge in [-0.15, -0.1) is 18.3 Å². The number of aliphatic hydroxyl groups is 2. The average molecular weight is 733 g/mol. The Labute approximate surface area is 313 Å². The molecule has 2 aromatic carbocycles. The lowest BCUT2D eigenvalue weighted by molar-refractivity contribution is -0.223. The van der Waals surface area contributed by atoms with Crippen molar-refractivity contribution in [3.05, 3.63) is 84.0 Å². The summed E-state index contributed by atoms with van der Waals surface area (Å²) in [7, 11) is 0. The van der Waals surface area contributed by atoms with Crippen LogP contribution >= 0.6 is 11.8 Å². The van der Waals surface area contributed by atoms with Crippen LogP contribution in [0.4, 0.5) is 4.79 Å². The van der Waals surface area contributed by atoms with Crippen molar-refractivity contribution in [2.24, 2.45) is 22.9 Å². The molecule has 1 heterocycles. The molecule has 0 spiro atoms. The Morgan fingerprint density at radius 3 is 2.58 bits per heavy atom. The second-order valence-corrected chi connectivity index (χ2v) is 15.9. The largest absolute Gasteiger partial charge is 0.460 e. The number of ether oxygens (including phenoxy) is 3. The number of thioether (sulfide) groups is 1. The number of carbonyl (C=O) groups is 1. The first-order valence-electron chi connectivity index (χ1n) is 19.4. The molecule has 10 heteroatoms. The molecule has 2 aromatic rings. The van der Waals surface area contributed by atoms with Gasteiger partial charge in [-0.25, -0.2) is 4.79 Å². The molecule has 2 saturated carbocycles. The van der Waals surface area contributed by atoms with Gasteiger partial charge in [0.15, 0.2) is 0 Å². The Morgan fingerprint density at radius 1 is 1.08 bits per heavy atom. The number of oxime groups is 1. The van der Waals surface area contributed by atoms with E-state index >= 15 is 0 Å². The number of amides is 1. The number of hydrogen-bond donors (Lipinski definition) is 3. The van der Waals surface area contributed by atoms with Gasteiger partial charge in [-0.3, -0.25) is 0 Å². The van der Waals surface area contributed by atoms with Crippen molar-refractivity contribution < 1.29 is 34.1 Å². The third kappa shape index (κ3) is 8.73. The van der Waals surface area contributed by atoms with Gasteiger partial charge in [-0.1, -0.05) is 73.3 Å². The molecule has 0 aromatic heterocycles. The standard InChI is InChI=1S/C42H56N2O7S/c1-3-24-48-42-38(52-32-17-8-9-18-32)27-36(44-49-4-2)34-25-30(16-10-12-22-45)33(19-11-13-23-46)39(40(34)42)35-26-31(20-21-37(35)51-42)50-41(47)43-28-29-14-6-5-7-15-29/h3,5-7,14-15,20-21,25-26,30,32-33,38-40,45-46H,1,4,8-13,16-19,22-24,27-28H2,2H3,(H,43,47)/t30-,33+,38-,39+,40+,42+/m0/s1. The normalized spacial score (nSPS) is 27.2. The zero-order valence-electron chi connectivity index (χ0n) is 30.5. The minimum absolute atomic E-state index is 0.0451. The van der Waals surface area contributed by atoms with Crippen LogP contribution in [0.5, 0.6) is 11.5 Å². The Kier molecular flexibility index (Phi) is 13.8. The number of unbranched alkanes of at least 4 members (excludes halogenated alkanes) is 2. The molecule has 9 nitrogen and oxygen atoms in total. The maximum Gasteiger partial charge on any atom is 0.412 e. The fourth-order valence-corrected chi connectivity index (χ4v) is 10.6. The van der Waals surface area contributed by atoms with Gasteiger partial charge in [0.2, 0.25) is 5.79 Å². The summed E-state index contributed by atoms with van der Waals surface area (Å²) in [6, 6.07) is 15.5. The summed E-state index contributed by atoms with van der Waals surface area (Å²) >= 11 is 1.98. The van der Waals surface area contributed by atoms with Gasteiger partial charge in [-0.2, -0.15) is 0 Å². The fraction of sp³-hybridized carbons (Fsp3) is 0.571. The maximum atomic E-state index is 13.1. The maximum absolute atomic E-state index is 13.1. The summed E-state index contributed by atoms with van der Waals surface area (Å²) in [5.41, 5.74) is 4.03. The van der Waals surface area contributed by atoms with Crippen molar-refractivity contribution in [1.29, 1.82) is 0 Å². The van der Waals surface area contributed by atoms with Crippen molar-refractivity contribution in [3.8, 4) is 11.5 Å². The van der Waals surface area contributed by atoms with E-state index in [0.29, 0.717) is 37.2 Å². The smallest absolute Gasteiger partial charge is 0.412 e. The van der Waals surface area contributed by atoms with Crippen molar-refractivity contribution in [2.45, 2.75) is 106 Å². The van der Waals surface area contributed by atoms with Crippen molar-refractivity contribution in [3.63, 3.8) is 0 Å². The van der Waals surface area contributed by atoms with E-state index in [0.717, 1.165) is 66.7 Å². The number of carbonyl (C=O) groups excluding carboxylic acids is 1. The molecule has 3 aliphatic carbocycles. The summed E-state index contributed by atoms with van der Waals surface area (Å²) < 4.78 is 20.2. The number of aliphatic hydroxyl groups excluding tert-OH is 2. The summed E-state index contributed by atoms with van der Waals surface area (Å²) in [4.78, 5) is 18.9. The first kappa shape index (κ1) is 38.4. The Balaban J connectivity index is 1.45. The number of fused-ring (bicyclic) bond motifs is 2. The summed E-state index contributed by atoms with van der Waals surface area (Å²) in [6.45, 7) is 7.46. The quantitative estimate of drug-likeness (QED) is 0.0796. The van der Waals surface area contributed by atoms with Crippen LogP contribution in [0.2, 0.25) is 0 Å². The third-order valence-electron chi connectivity index (χ3n) is 11.1. The number of nitrogens with zero attached hydrogens (tertiary/aromatic N) is 1. The van der Waals surface area contributed by atoms with Crippen LogP contribution < -0.4 is 14.8 Å². The van der Waals surface area contributed by atoms with E-state index < -0.39 is 11.9 Å². The van der Waals surface area contributed by atoms with Crippen LogP contribution in [-0.4, -0.2) is 64.7 Å². The van der Waals surface area contributed by atoms with E-state index in [1.807, 2.05) is 67.2 Å². The minimum Gasteiger partial charge on any atom is -0.460 e. The molecule has 0 saturated heterocycles. The SMILES string of the molecule is C=CCO[C@@]12Oc3ccc(OC(=O)NCc4ccccc4)cc3[C@H]3[C@H](CCCCO)[C@@H](CCCCO)C=C(C(=NOCC)C[C@@H]1SC1CCCC1)[C@H]32. The molecule has 0 radical (unpaired) electrons. The molecule has 282 valence electrons. The summed E-state index contributed by atoms with van der Waals surface area (Å²) in [5.74, 6) is 0.311. The van der Waals surface area contributed by atoms with Gasteiger partial charge >= 0.3 is 6.09 Å². The average Bonchev–Trinajstić information content (AvgIpc) is 3.68. The van der Waals surface area contributed by atoms with Crippen LogP contribution in [0.1, 0.15) is 94.6 Å². The topological polar surface area (TPSA) is 119 Å². The number of benzene rings is 2. The molecular weight excluding hydrogens is 677 g/mol. The van der Waals surface area contributed by atoms with Gasteiger partial charge in [0.25, 0.3) is 0 Å². The lowest BCUT2D eigenvalue weighted by Crippen LogP contribution is -2.64. The third-order valence-corrected chi connectivity index (χ3v) is 12.8. The molecule has 6 atom stereocenters.